The fourth-order valence-electron chi connectivity index (χ4n) is 9.16. The summed E-state index contributed by atoms with van der Waals surface area (Å²) >= 11 is 4.08. The molecule has 6 bridgehead atoms. The molecule has 2 aliphatic heterocycles. The normalized spacial score (nSPS) is 21.5. The Morgan fingerprint density at radius 3 is 2.43 bits per heavy atom. The summed E-state index contributed by atoms with van der Waals surface area (Å²) in [5.74, 6) is 0.229. The molecule has 0 fully saturated rings. The summed E-state index contributed by atoms with van der Waals surface area (Å²) in [5, 5.41) is 2.90. The molecule has 3 heteroatoms. The van der Waals surface area contributed by atoms with Crippen molar-refractivity contribution in [3.63, 3.8) is 0 Å². The van der Waals surface area contributed by atoms with Gasteiger partial charge in [0.2, 0.25) is 0 Å². The molecule has 51 heavy (non-hydrogen) atoms. The summed E-state index contributed by atoms with van der Waals surface area (Å²) in [6.45, 7) is 0. The molecule has 3 aliphatic carbocycles. The number of hydrogen-bond donors (Lipinski definition) is 0. The standard InChI is InChI=1S/C48H35NS2/c1-3-13-30(14-4-1)34-27-28-38-37-20-12-24-44-45(37)39-18-8-10-23-43(39)50-48(34)46(38)40-21-11-19-33(47(40)51-44)31-25-26-36-35-17-7-9-22-41(35)49(42(36)29-31)32-15-5-2-6-16-32/h1-11,13-15,17-19,21-29,32,40,47H,12,16,20H2. The first kappa shape index (κ1) is 29.7. The van der Waals surface area contributed by atoms with Crippen LogP contribution in [0.3, 0.4) is 0 Å². The van der Waals surface area contributed by atoms with Gasteiger partial charge in [0.1, 0.15) is 0 Å². The van der Waals surface area contributed by atoms with E-state index in [2.05, 4.69) is 174 Å². The Morgan fingerprint density at radius 2 is 1.51 bits per heavy atom. The van der Waals surface area contributed by atoms with Gasteiger partial charge in [0.25, 0.3) is 0 Å². The molecule has 11 rings (SSSR count). The number of nitrogens with zero attached hydrogens (tertiary/aromatic N) is 1. The molecule has 0 amide bonds. The highest BCUT2D eigenvalue weighted by molar-refractivity contribution is 8.04. The molecular weight excluding hydrogens is 655 g/mol. The highest BCUT2D eigenvalue weighted by Crippen LogP contribution is 2.60. The van der Waals surface area contributed by atoms with Crippen LogP contribution in [-0.4, -0.2) is 9.82 Å². The maximum Gasteiger partial charge on any atom is 0.0560 e. The lowest BCUT2D eigenvalue weighted by Crippen LogP contribution is -2.24. The summed E-state index contributed by atoms with van der Waals surface area (Å²) in [6, 6.07) is 41.6. The van der Waals surface area contributed by atoms with E-state index in [-0.39, 0.29) is 11.2 Å². The van der Waals surface area contributed by atoms with Gasteiger partial charge in [-0.1, -0.05) is 151 Å². The molecule has 3 atom stereocenters. The second-order valence-corrected chi connectivity index (χ2v) is 16.4. The molecule has 1 aromatic heterocycles. The smallest absolute Gasteiger partial charge is 0.0560 e. The minimum Gasteiger partial charge on any atom is -0.333 e. The Labute approximate surface area is 307 Å². The van der Waals surface area contributed by atoms with Crippen LogP contribution >= 0.6 is 23.5 Å². The van der Waals surface area contributed by atoms with Gasteiger partial charge < -0.3 is 4.57 Å². The predicted octanol–water partition coefficient (Wildman–Crippen LogP) is 13.4. The number of fused-ring (bicyclic) bond motifs is 5. The van der Waals surface area contributed by atoms with Crippen molar-refractivity contribution in [3.05, 3.63) is 185 Å². The lowest BCUT2D eigenvalue weighted by Gasteiger charge is -2.39. The van der Waals surface area contributed by atoms with Crippen LogP contribution in [0.1, 0.15) is 53.5 Å². The Hall–Kier alpha value is -4.96. The van der Waals surface area contributed by atoms with E-state index in [4.69, 9.17) is 0 Å². The first-order valence-electron chi connectivity index (χ1n) is 18.2. The summed E-state index contributed by atoms with van der Waals surface area (Å²) in [4.78, 5) is 4.20. The van der Waals surface area contributed by atoms with Crippen LogP contribution in [-0.2, 0) is 0 Å². The van der Waals surface area contributed by atoms with E-state index >= 15 is 0 Å². The molecule has 5 aromatic carbocycles. The number of aromatic nitrogens is 1. The van der Waals surface area contributed by atoms with Crippen LogP contribution in [0.5, 0.6) is 0 Å². The fourth-order valence-corrected chi connectivity index (χ4v) is 12.0. The number of para-hydroxylation sites is 1. The number of benzene rings is 5. The highest BCUT2D eigenvalue weighted by Gasteiger charge is 2.39. The van der Waals surface area contributed by atoms with E-state index in [9.17, 15) is 0 Å². The number of thioether (sulfide) groups is 1. The Morgan fingerprint density at radius 1 is 0.667 bits per heavy atom. The molecule has 5 aliphatic rings. The van der Waals surface area contributed by atoms with Crippen molar-refractivity contribution in [2.45, 2.75) is 46.3 Å². The molecule has 0 spiro atoms. The van der Waals surface area contributed by atoms with Gasteiger partial charge >= 0.3 is 0 Å². The number of hydrogen-bond acceptors (Lipinski definition) is 2. The van der Waals surface area contributed by atoms with Crippen molar-refractivity contribution >= 4 is 62.0 Å². The van der Waals surface area contributed by atoms with E-state index in [1.807, 2.05) is 11.8 Å². The predicted molar refractivity (Wildman–Crippen MR) is 219 cm³/mol. The van der Waals surface area contributed by atoms with Crippen molar-refractivity contribution in [2.75, 3.05) is 0 Å². The average Bonchev–Trinajstić information content (AvgIpc) is 3.52. The molecule has 1 nitrogen and oxygen atoms in total. The van der Waals surface area contributed by atoms with E-state index in [0.29, 0.717) is 6.04 Å². The van der Waals surface area contributed by atoms with Crippen LogP contribution < -0.4 is 0 Å². The van der Waals surface area contributed by atoms with Crippen LogP contribution in [0.4, 0.5) is 0 Å². The third kappa shape index (κ3) is 4.58. The second-order valence-electron chi connectivity index (χ2n) is 14.1. The van der Waals surface area contributed by atoms with Crippen LogP contribution in [0.15, 0.2) is 172 Å². The first-order chi connectivity index (χ1) is 25.3. The zero-order valence-corrected chi connectivity index (χ0v) is 29.8. The Bertz CT molecular complexity index is 2630. The minimum atomic E-state index is 0.229. The van der Waals surface area contributed by atoms with Gasteiger partial charge in [-0.3, -0.25) is 0 Å². The third-order valence-corrected chi connectivity index (χ3v) is 14.0. The molecule has 6 aromatic rings. The second kappa shape index (κ2) is 11.8. The van der Waals surface area contributed by atoms with Gasteiger partial charge in [-0.25, -0.2) is 0 Å². The highest BCUT2D eigenvalue weighted by atomic mass is 32.2. The summed E-state index contributed by atoms with van der Waals surface area (Å²) in [5.41, 5.74) is 15.3. The molecular formula is C48H35NS2. The quantitative estimate of drug-likeness (QED) is 0.182. The lowest BCUT2D eigenvalue weighted by atomic mass is 9.77. The summed E-state index contributed by atoms with van der Waals surface area (Å²) in [6.07, 6.45) is 22.0. The maximum atomic E-state index is 2.58. The fraction of sp³-hybridized carbons (Fsp3) is 0.125. The molecule has 0 radical (unpaired) electrons. The number of allylic oxidation sites excluding steroid dienone is 10. The lowest BCUT2D eigenvalue weighted by molar-refractivity contribution is 0.648. The van der Waals surface area contributed by atoms with Crippen molar-refractivity contribution in [1.29, 1.82) is 0 Å². The average molecular weight is 690 g/mol. The van der Waals surface area contributed by atoms with Crippen molar-refractivity contribution in [2.24, 2.45) is 0 Å². The zero-order valence-electron chi connectivity index (χ0n) is 28.1. The largest absolute Gasteiger partial charge is 0.333 e. The maximum absolute atomic E-state index is 2.58. The van der Waals surface area contributed by atoms with Gasteiger partial charge in [-0.15, -0.1) is 11.8 Å². The van der Waals surface area contributed by atoms with Gasteiger partial charge in [0.15, 0.2) is 0 Å². The van der Waals surface area contributed by atoms with Crippen molar-refractivity contribution in [3.8, 4) is 11.1 Å². The van der Waals surface area contributed by atoms with E-state index < -0.39 is 0 Å². The molecule has 0 saturated carbocycles. The van der Waals surface area contributed by atoms with Gasteiger partial charge in [-0.05, 0) is 87.6 Å². The molecule has 3 unspecified atom stereocenters. The first-order valence-corrected chi connectivity index (χ1v) is 19.9. The zero-order chi connectivity index (χ0) is 33.5. The van der Waals surface area contributed by atoms with Crippen LogP contribution in [0.25, 0.3) is 49.7 Å². The molecule has 0 N–H and O–H groups in total. The molecule has 3 heterocycles. The molecule has 0 saturated heterocycles. The minimum absolute atomic E-state index is 0.229. The van der Waals surface area contributed by atoms with E-state index in [1.54, 1.807) is 0 Å². The monoisotopic (exact) mass is 689 g/mol. The summed E-state index contributed by atoms with van der Waals surface area (Å²) in [7, 11) is 0. The summed E-state index contributed by atoms with van der Waals surface area (Å²) < 4.78 is 2.58. The van der Waals surface area contributed by atoms with Gasteiger partial charge in [0, 0.05) is 42.2 Å². The van der Waals surface area contributed by atoms with Crippen LogP contribution in [0.2, 0.25) is 0 Å². The topological polar surface area (TPSA) is 4.93 Å². The number of rotatable bonds is 3. The van der Waals surface area contributed by atoms with Gasteiger partial charge in [-0.2, -0.15) is 0 Å². The third-order valence-electron chi connectivity index (χ3n) is 11.4. The van der Waals surface area contributed by atoms with Crippen LogP contribution in [0, 0.1) is 0 Å². The SMILES string of the molecule is C1=CCC(n2c3ccccc3c3ccc(C4=CC=CC5c6c7ccc(-c8ccccc8)c6Sc6ccccc6C6=C7CCC=C6SC45)cc32)C=C1. The van der Waals surface area contributed by atoms with E-state index in [0.717, 1.165) is 19.3 Å². The Kier molecular flexibility index (Phi) is 6.88. The van der Waals surface area contributed by atoms with Crippen molar-refractivity contribution < 1.29 is 0 Å². The van der Waals surface area contributed by atoms with Crippen molar-refractivity contribution in [1.82, 2.24) is 4.57 Å². The van der Waals surface area contributed by atoms with E-state index in [1.165, 1.54) is 86.6 Å². The molecule has 244 valence electrons. The van der Waals surface area contributed by atoms with Gasteiger partial charge in [0.05, 0.1) is 11.6 Å². The Balaban J connectivity index is 1.14.